The first-order valence-corrected chi connectivity index (χ1v) is 14.2. The van der Waals surface area contributed by atoms with Gasteiger partial charge in [-0.3, -0.25) is 4.79 Å². The monoisotopic (exact) mass is 470 g/mol. The molecule has 0 aliphatic carbocycles. The zero-order chi connectivity index (χ0) is 24.8. The van der Waals surface area contributed by atoms with E-state index < -0.39 is 0 Å². The van der Waals surface area contributed by atoms with Crippen LogP contribution in [0, 0.1) is 0 Å². The third-order valence-electron chi connectivity index (χ3n) is 5.67. The lowest BCUT2D eigenvalue weighted by atomic mass is 10.1. The van der Waals surface area contributed by atoms with Gasteiger partial charge in [0.2, 0.25) is 0 Å². The highest BCUT2D eigenvalue weighted by atomic mass is 16.5. The largest absolute Gasteiger partial charge is 0.466 e. The van der Waals surface area contributed by atoms with Crippen LogP contribution in [0.5, 0.6) is 0 Å². The summed E-state index contributed by atoms with van der Waals surface area (Å²) in [5.74, 6) is -0.0159. The van der Waals surface area contributed by atoms with E-state index in [9.17, 15) is 4.79 Å². The molecule has 0 aliphatic rings. The summed E-state index contributed by atoms with van der Waals surface area (Å²) in [5, 5.41) is 0. The maximum Gasteiger partial charge on any atom is 0.305 e. The normalized spacial score (nSPS) is 12.4. The average molecular weight is 471 g/mol. The topological polar surface area (TPSA) is 26.3 Å². The lowest BCUT2D eigenvalue weighted by molar-refractivity contribution is -0.143. The SMILES string of the molecule is CC/C=C\C/C=C\C/C=C\C/C=C\C/C=C\CCCCCC(=O)OCCCCCCCCCC. The van der Waals surface area contributed by atoms with Crippen molar-refractivity contribution in [3.05, 3.63) is 60.8 Å². The minimum atomic E-state index is -0.0159. The minimum Gasteiger partial charge on any atom is -0.466 e. The van der Waals surface area contributed by atoms with Crippen molar-refractivity contribution in [2.75, 3.05) is 6.61 Å². The van der Waals surface area contributed by atoms with Crippen LogP contribution in [0.4, 0.5) is 0 Å². The van der Waals surface area contributed by atoms with Crippen molar-refractivity contribution in [1.82, 2.24) is 0 Å². The van der Waals surface area contributed by atoms with Gasteiger partial charge in [0.25, 0.3) is 0 Å². The summed E-state index contributed by atoms with van der Waals surface area (Å²) >= 11 is 0. The maximum absolute atomic E-state index is 11.8. The molecule has 2 heteroatoms. The van der Waals surface area contributed by atoms with Gasteiger partial charge in [-0.05, 0) is 57.8 Å². The summed E-state index contributed by atoms with van der Waals surface area (Å²) in [6.45, 7) is 5.02. The van der Waals surface area contributed by atoms with Crippen LogP contribution in [0.1, 0.15) is 129 Å². The third kappa shape index (κ3) is 28.2. The number of rotatable bonds is 24. The minimum absolute atomic E-state index is 0.0159. The molecule has 0 aromatic rings. The molecule has 34 heavy (non-hydrogen) atoms. The first-order valence-electron chi connectivity index (χ1n) is 14.2. The molecule has 0 aliphatic heterocycles. The average Bonchev–Trinajstić information content (AvgIpc) is 2.84. The van der Waals surface area contributed by atoms with Crippen molar-refractivity contribution in [2.24, 2.45) is 0 Å². The second-order valence-corrected chi connectivity index (χ2v) is 9.00. The van der Waals surface area contributed by atoms with E-state index in [-0.39, 0.29) is 5.97 Å². The second kappa shape index (κ2) is 29.2. The highest BCUT2D eigenvalue weighted by molar-refractivity contribution is 5.69. The number of ether oxygens (including phenoxy) is 1. The quantitative estimate of drug-likeness (QED) is 0.0796. The smallest absolute Gasteiger partial charge is 0.305 e. The lowest BCUT2D eigenvalue weighted by Gasteiger charge is -2.05. The van der Waals surface area contributed by atoms with Crippen LogP contribution < -0.4 is 0 Å². The number of carbonyl (C=O) groups excluding carboxylic acids is 1. The van der Waals surface area contributed by atoms with Gasteiger partial charge in [-0.25, -0.2) is 0 Å². The summed E-state index contributed by atoms with van der Waals surface area (Å²) in [6.07, 6.45) is 42.5. The number of unbranched alkanes of at least 4 members (excludes halogenated alkanes) is 10. The first kappa shape index (κ1) is 32.2. The molecule has 194 valence electrons. The Balaban J connectivity index is 3.40. The molecule has 0 unspecified atom stereocenters. The van der Waals surface area contributed by atoms with Gasteiger partial charge in [0.1, 0.15) is 0 Å². The molecule has 0 saturated carbocycles. The molecule has 0 amide bonds. The van der Waals surface area contributed by atoms with Gasteiger partial charge in [-0.15, -0.1) is 0 Å². The van der Waals surface area contributed by atoms with Crippen molar-refractivity contribution in [3.63, 3.8) is 0 Å². The fourth-order valence-electron chi connectivity index (χ4n) is 3.57. The summed E-state index contributed by atoms with van der Waals surface area (Å²) in [6, 6.07) is 0. The lowest BCUT2D eigenvalue weighted by Crippen LogP contribution is -2.05. The summed E-state index contributed by atoms with van der Waals surface area (Å²) in [4.78, 5) is 11.8. The van der Waals surface area contributed by atoms with Crippen LogP contribution in [-0.4, -0.2) is 12.6 Å². The van der Waals surface area contributed by atoms with Gasteiger partial charge in [-0.1, -0.05) is 126 Å². The zero-order valence-corrected chi connectivity index (χ0v) is 22.5. The predicted octanol–water partition coefficient (Wildman–Crippen LogP) is 10.4. The molecule has 0 spiro atoms. The molecule has 2 nitrogen and oxygen atoms in total. The van der Waals surface area contributed by atoms with Crippen molar-refractivity contribution in [3.8, 4) is 0 Å². The Hall–Kier alpha value is -1.83. The van der Waals surface area contributed by atoms with Gasteiger partial charge in [0.15, 0.2) is 0 Å². The molecule has 0 aromatic heterocycles. The number of allylic oxidation sites excluding steroid dienone is 10. The van der Waals surface area contributed by atoms with E-state index >= 15 is 0 Å². The third-order valence-corrected chi connectivity index (χ3v) is 5.67. The van der Waals surface area contributed by atoms with Gasteiger partial charge in [0, 0.05) is 6.42 Å². The Morgan fingerprint density at radius 3 is 1.56 bits per heavy atom. The van der Waals surface area contributed by atoms with Crippen LogP contribution in [-0.2, 0) is 9.53 Å². The highest BCUT2D eigenvalue weighted by Gasteiger charge is 2.02. The van der Waals surface area contributed by atoms with Crippen molar-refractivity contribution in [2.45, 2.75) is 129 Å². The van der Waals surface area contributed by atoms with E-state index in [0.717, 1.165) is 64.2 Å². The molecule has 0 N–H and O–H groups in total. The maximum atomic E-state index is 11.8. The number of carbonyl (C=O) groups is 1. The van der Waals surface area contributed by atoms with E-state index in [2.05, 4.69) is 74.6 Å². The van der Waals surface area contributed by atoms with E-state index in [1.165, 1.54) is 44.9 Å². The Labute approximate surface area is 212 Å². The van der Waals surface area contributed by atoms with Gasteiger partial charge >= 0.3 is 5.97 Å². The van der Waals surface area contributed by atoms with Crippen molar-refractivity contribution >= 4 is 5.97 Å². The Morgan fingerprint density at radius 2 is 1.00 bits per heavy atom. The molecular formula is C32H54O2. The van der Waals surface area contributed by atoms with Gasteiger partial charge in [0.05, 0.1) is 6.61 Å². The molecule has 0 radical (unpaired) electrons. The molecule has 0 aromatic carbocycles. The fourth-order valence-corrected chi connectivity index (χ4v) is 3.57. The van der Waals surface area contributed by atoms with E-state index in [0.29, 0.717) is 13.0 Å². The van der Waals surface area contributed by atoms with E-state index in [1.54, 1.807) is 0 Å². The van der Waals surface area contributed by atoms with E-state index in [1.807, 2.05) is 0 Å². The summed E-state index contributed by atoms with van der Waals surface area (Å²) < 4.78 is 5.35. The Bertz CT molecular complexity index is 566. The van der Waals surface area contributed by atoms with Crippen LogP contribution in [0.15, 0.2) is 60.8 Å². The Morgan fingerprint density at radius 1 is 0.529 bits per heavy atom. The zero-order valence-electron chi connectivity index (χ0n) is 22.5. The second-order valence-electron chi connectivity index (χ2n) is 9.00. The van der Waals surface area contributed by atoms with E-state index in [4.69, 9.17) is 4.74 Å². The number of hydrogen-bond acceptors (Lipinski definition) is 2. The standard InChI is InChI=1S/C32H54O2/c1-3-5-7-9-11-13-14-15-16-17-18-19-20-21-22-23-24-26-28-30-32(33)34-31-29-27-25-12-10-8-6-4-2/h5,7,11,13,15-16,18-19,21-22H,3-4,6,8-10,12,14,17,20,23-31H2,1-2H3/b7-5-,13-11-,16-15-,19-18-,22-21-. The molecule has 0 heterocycles. The number of hydrogen-bond donors (Lipinski definition) is 0. The van der Waals surface area contributed by atoms with Gasteiger partial charge in [-0.2, -0.15) is 0 Å². The summed E-state index contributed by atoms with van der Waals surface area (Å²) in [5.41, 5.74) is 0. The number of esters is 1. The predicted molar refractivity (Wildman–Crippen MR) is 151 cm³/mol. The van der Waals surface area contributed by atoms with Crippen molar-refractivity contribution in [1.29, 1.82) is 0 Å². The van der Waals surface area contributed by atoms with Crippen LogP contribution >= 0.6 is 0 Å². The summed E-state index contributed by atoms with van der Waals surface area (Å²) in [7, 11) is 0. The van der Waals surface area contributed by atoms with Crippen LogP contribution in [0.25, 0.3) is 0 Å². The molecule has 0 bridgehead atoms. The van der Waals surface area contributed by atoms with Crippen molar-refractivity contribution < 1.29 is 9.53 Å². The van der Waals surface area contributed by atoms with Gasteiger partial charge < -0.3 is 4.74 Å². The highest BCUT2D eigenvalue weighted by Crippen LogP contribution is 2.09. The fraction of sp³-hybridized carbons (Fsp3) is 0.656. The first-order chi connectivity index (χ1) is 16.8. The molecule has 0 saturated heterocycles. The molecule has 0 rings (SSSR count). The Kier molecular flexibility index (Phi) is 27.6. The molecular weight excluding hydrogens is 416 g/mol. The van der Waals surface area contributed by atoms with Crippen LogP contribution in [0.3, 0.4) is 0 Å². The molecule has 0 atom stereocenters. The van der Waals surface area contributed by atoms with Crippen LogP contribution in [0.2, 0.25) is 0 Å². The molecule has 0 fully saturated rings.